The standard InChI is InChI=1S/C20H23N3O/c24-20-18-9-5-4-8-17(18)19(21-20)10-11-22-12-14-23(15-13-22)16-6-2-1-3-7-16/h1-9,19H,10-15H2,(H,21,24). The van der Waals surface area contributed by atoms with Gasteiger partial charge in [0.15, 0.2) is 0 Å². The second-order valence-electron chi connectivity index (χ2n) is 6.57. The number of amides is 1. The third kappa shape index (κ3) is 3.02. The Morgan fingerprint density at radius 2 is 1.62 bits per heavy atom. The number of nitrogens with zero attached hydrogens (tertiary/aromatic N) is 2. The Kier molecular flexibility index (Phi) is 4.22. The van der Waals surface area contributed by atoms with E-state index in [1.165, 1.54) is 5.69 Å². The molecule has 0 saturated carbocycles. The van der Waals surface area contributed by atoms with Crippen LogP contribution in [-0.2, 0) is 0 Å². The summed E-state index contributed by atoms with van der Waals surface area (Å²) in [5.74, 6) is 0.0736. The molecular weight excluding hydrogens is 298 g/mol. The van der Waals surface area contributed by atoms with Crippen molar-refractivity contribution in [2.45, 2.75) is 12.5 Å². The summed E-state index contributed by atoms with van der Waals surface area (Å²) in [7, 11) is 0. The third-order valence-electron chi connectivity index (χ3n) is 5.11. The summed E-state index contributed by atoms with van der Waals surface area (Å²) >= 11 is 0. The Balaban J connectivity index is 1.30. The number of fused-ring (bicyclic) bond motifs is 1. The lowest BCUT2D eigenvalue weighted by molar-refractivity contribution is 0.0952. The lowest BCUT2D eigenvalue weighted by Crippen LogP contribution is -2.47. The lowest BCUT2D eigenvalue weighted by atomic mass is 10.0. The first-order chi connectivity index (χ1) is 11.8. The van der Waals surface area contributed by atoms with Crippen LogP contribution in [0.2, 0.25) is 0 Å². The predicted molar refractivity (Wildman–Crippen MR) is 96.4 cm³/mol. The molecule has 0 radical (unpaired) electrons. The van der Waals surface area contributed by atoms with E-state index in [4.69, 9.17) is 0 Å². The van der Waals surface area contributed by atoms with Gasteiger partial charge >= 0.3 is 0 Å². The average Bonchev–Trinajstić information content (AvgIpc) is 2.98. The highest BCUT2D eigenvalue weighted by Gasteiger charge is 2.28. The number of rotatable bonds is 4. The van der Waals surface area contributed by atoms with Gasteiger partial charge in [0.05, 0.1) is 6.04 Å². The quantitative estimate of drug-likeness (QED) is 0.940. The maximum absolute atomic E-state index is 12.0. The van der Waals surface area contributed by atoms with E-state index in [0.717, 1.165) is 50.3 Å². The van der Waals surface area contributed by atoms with E-state index in [9.17, 15) is 4.79 Å². The van der Waals surface area contributed by atoms with Crippen molar-refractivity contribution in [2.24, 2.45) is 0 Å². The van der Waals surface area contributed by atoms with Crippen LogP contribution < -0.4 is 10.2 Å². The number of hydrogen-bond donors (Lipinski definition) is 1. The van der Waals surface area contributed by atoms with Gasteiger partial charge in [-0.15, -0.1) is 0 Å². The zero-order chi connectivity index (χ0) is 16.4. The van der Waals surface area contributed by atoms with Crippen molar-refractivity contribution < 1.29 is 4.79 Å². The van der Waals surface area contributed by atoms with Gasteiger partial charge in [-0.25, -0.2) is 0 Å². The van der Waals surface area contributed by atoms with Crippen LogP contribution in [0.1, 0.15) is 28.4 Å². The van der Waals surface area contributed by atoms with E-state index in [1.54, 1.807) is 0 Å². The Hall–Kier alpha value is -2.33. The average molecular weight is 321 g/mol. The fraction of sp³-hybridized carbons (Fsp3) is 0.350. The monoisotopic (exact) mass is 321 g/mol. The summed E-state index contributed by atoms with van der Waals surface area (Å²) in [6.07, 6.45) is 0.980. The van der Waals surface area contributed by atoms with Gasteiger partial charge in [0.2, 0.25) is 0 Å². The predicted octanol–water partition coefficient (Wildman–Crippen LogP) is 2.68. The molecule has 1 fully saturated rings. The fourth-order valence-corrected chi connectivity index (χ4v) is 3.73. The minimum absolute atomic E-state index is 0.0736. The topological polar surface area (TPSA) is 35.6 Å². The summed E-state index contributed by atoms with van der Waals surface area (Å²) < 4.78 is 0. The minimum Gasteiger partial charge on any atom is -0.369 e. The SMILES string of the molecule is O=C1NC(CCN2CCN(c3ccccc3)CC2)c2ccccc21. The van der Waals surface area contributed by atoms with Crippen LogP contribution in [0.25, 0.3) is 0 Å². The van der Waals surface area contributed by atoms with Gasteiger partial charge in [0.25, 0.3) is 5.91 Å². The van der Waals surface area contributed by atoms with E-state index in [1.807, 2.05) is 18.2 Å². The van der Waals surface area contributed by atoms with Gasteiger partial charge in [0, 0.05) is 44.0 Å². The number of hydrogen-bond acceptors (Lipinski definition) is 3. The van der Waals surface area contributed by atoms with Gasteiger partial charge in [-0.05, 0) is 30.2 Å². The molecule has 1 amide bonds. The molecule has 2 aromatic carbocycles. The summed E-state index contributed by atoms with van der Waals surface area (Å²) in [5, 5.41) is 3.12. The van der Waals surface area contributed by atoms with E-state index >= 15 is 0 Å². The van der Waals surface area contributed by atoms with Crippen LogP contribution in [0, 0.1) is 0 Å². The van der Waals surface area contributed by atoms with E-state index in [-0.39, 0.29) is 11.9 Å². The fourth-order valence-electron chi connectivity index (χ4n) is 3.73. The second-order valence-corrected chi connectivity index (χ2v) is 6.57. The molecule has 0 aromatic heterocycles. The molecule has 1 unspecified atom stereocenters. The van der Waals surface area contributed by atoms with Crippen LogP contribution in [0.5, 0.6) is 0 Å². The lowest BCUT2D eigenvalue weighted by Gasteiger charge is -2.36. The van der Waals surface area contributed by atoms with Crippen molar-refractivity contribution in [2.75, 3.05) is 37.6 Å². The molecule has 2 aliphatic rings. The molecule has 2 aromatic rings. The summed E-state index contributed by atoms with van der Waals surface area (Å²) in [6.45, 7) is 5.32. The molecule has 2 heterocycles. The minimum atomic E-state index is 0.0736. The largest absolute Gasteiger partial charge is 0.369 e. The second kappa shape index (κ2) is 6.65. The van der Waals surface area contributed by atoms with Crippen molar-refractivity contribution in [3.63, 3.8) is 0 Å². The molecular formula is C20H23N3O. The van der Waals surface area contributed by atoms with E-state index in [0.29, 0.717) is 0 Å². The highest BCUT2D eigenvalue weighted by molar-refractivity contribution is 5.99. The zero-order valence-electron chi connectivity index (χ0n) is 13.8. The van der Waals surface area contributed by atoms with Crippen molar-refractivity contribution >= 4 is 11.6 Å². The van der Waals surface area contributed by atoms with Gasteiger partial charge in [-0.3, -0.25) is 9.69 Å². The summed E-state index contributed by atoms with van der Waals surface area (Å²) in [5.41, 5.74) is 3.32. The molecule has 4 rings (SSSR count). The molecule has 2 aliphatic heterocycles. The van der Waals surface area contributed by atoms with Crippen LogP contribution in [0.4, 0.5) is 5.69 Å². The van der Waals surface area contributed by atoms with Crippen LogP contribution in [0.15, 0.2) is 54.6 Å². The smallest absolute Gasteiger partial charge is 0.252 e. The number of carbonyl (C=O) groups excluding carboxylic acids is 1. The number of carbonyl (C=O) groups is 1. The first kappa shape index (κ1) is 15.2. The number of benzene rings is 2. The van der Waals surface area contributed by atoms with Gasteiger partial charge < -0.3 is 10.2 Å². The Bertz CT molecular complexity index is 708. The maximum atomic E-state index is 12.0. The van der Waals surface area contributed by atoms with Crippen LogP contribution in [-0.4, -0.2) is 43.5 Å². The normalized spacial score (nSPS) is 20.8. The molecule has 0 spiro atoms. The van der Waals surface area contributed by atoms with Crippen LogP contribution >= 0.6 is 0 Å². The molecule has 4 heteroatoms. The first-order valence-corrected chi connectivity index (χ1v) is 8.73. The summed E-state index contributed by atoms with van der Waals surface area (Å²) in [4.78, 5) is 16.9. The van der Waals surface area contributed by atoms with Crippen molar-refractivity contribution in [3.05, 3.63) is 65.7 Å². The van der Waals surface area contributed by atoms with E-state index in [2.05, 4.69) is 51.5 Å². The molecule has 0 aliphatic carbocycles. The molecule has 1 saturated heterocycles. The van der Waals surface area contributed by atoms with Gasteiger partial charge in [-0.1, -0.05) is 36.4 Å². The number of piperazine rings is 1. The van der Waals surface area contributed by atoms with Crippen LogP contribution in [0.3, 0.4) is 0 Å². The number of para-hydroxylation sites is 1. The first-order valence-electron chi connectivity index (χ1n) is 8.73. The number of anilines is 1. The third-order valence-corrected chi connectivity index (χ3v) is 5.11. The van der Waals surface area contributed by atoms with Gasteiger partial charge in [0.1, 0.15) is 0 Å². The maximum Gasteiger partial charge on any atom is 0.252 e. The van der Waals surface area contributed by atoms with Gasteiger partial charge in [-0.2, -0.15) is 0 Å². The molecule has 4 nitrogen and oxygen atoms in total. The Morgan fingerprint density at radius 3 is 2.42 bits per heavy atom. The molecule has 1 atom stereocenters. The Labute approximate surface area is 143 Å². The highest BCUT2D eigenvalue weighted by atomic mass is 16.2. The van der Waals surface area contributed by atoms with Crippen molar-refractivity contribution in [3.8, 4) is 0 Å². The zero-order valence-corrected chi connectivity index (χ0v) is 13.8. The summed E-state index contributed by atoms with van der Waals surface area (Å²) in [6, 6.07) is 18.7. The molecule has 1 N–H and O–H groups in total. The van der Waals surface area contributed by atoms with Crippen molar-refractivity contribution in [1.29, 1.82) is 0 Å². The molecule has 124 valence electrons. The van der Waals surface area contributed by atoms with E-state index < -0.39 is 0 Å². The number of nitrogens with one attached hydrogen (secondary N) is 1. The highest BCUT2D eigenvalue weighted by Crippen LogP contribution is 2.27. The Morgan fingerprint density at radius 1 is 0.917 bits per heavy atom. The molecule has 24 heavy (non-hydrogen) atoms. The van der Waals surface area contributed by atoms with Crippen molar-refractivity contribution in [1.82, 2.24) is 10.2 Å². The molecule has 0 bridgehead atoms.